The van der Waals surface area contributed by atoms with Crippen molar-refractivity contribution in [2.24, 2.45) is 5.92 Å². The number of carboxylic acids is 2. The summed E-state index contributed by atoms with van der Waals surface area (Å²) in [5.41, 5.74) is 0. The molecule has 1 aliphatic rings. The van der Waals surface area contributed by atoms with Gasteiger partial charge in [0.15, 0.2) is 12.1 Å². The fourth-order valence-electron chi connectivity index (χ4n) is 2.08. The summed E-state index contributed by atoms with van der Waals surface area (Å²) in [7, 11) is 0. The Morgan fingerprint density at radius 2 is 1.57 bits per heavy atom. The first-order chi connectivity index (χ1) is 10.7. The SMILES string of the molecule is O=C(CCC(C(=O)O)C(=O)O)N[C@@H]1O[C@H](CO)[C@@H](O)[C@H](O)[C@H]1O. The molecule has 0 spiro atoms. The van der Waals surface area contributed by atoms with E-state index >= 15 is 0 Å². The van der Waals surface area contributed by atoms with E-state index in [0.29, 0.717) is 0 Å². The average Bonchev–Trinajstić information content (AvgIpc) is 2.47. The zero-order chi connectivity index (χ0) is 17.7. The highest BCUT2D eigenvalue weighted by Crippen LogP contribution is 2.20. The molecule has 132 valence electrons. The summed E-state index contributed by atoms with van der Waals surface area (Å²) < 4.78 is 5.03. The van der Waals surface area contributed by atoms with Crippen molar-refractivity contribution < 1.29 is 49.8 Å². The number of nitrogens with one attached hydrogen (secondary N) is 1. The maximum atomic E-state index is 11.7. The minimum absolute atomic E-state index is 0.474. The summed E-state index contributed by atoms with van der Waals surface area (Å²) in [5.74, 6) is -5.74. The molecule has 1 amide bonds. The topological polar surface area (TPSA) is 194 Å². The van der Waals surface area contributed by atoms with Crippen LogP contribution in [0.3, 0.4) is 0 Å². The summed E-state index contributed by atoms with van der Waals surface area (Å²) in [4.78, 5) is 33.1. The van der Waals surface area contributed by atoms with E-state index in [0.717, 1.165) is 0 Å². The first-order valence-electron chi connectivity index (χ1n) is 6.74. The minimum atomic E-state index is -1.75. The van der Waals surface area contributed by atoms with Crippen LogP contribution in [0.15, 0.2) is 0 Å². The van der Waals surface area contributed by atoms with Crippen LogP contribution in [0.25, 0.3) is 0 Å². The summed E-state index contributed by atoms with van der Waals surface area (Å²) >= 11 is 0. The second-order valence-electron chi connectivity index (χ2n) is 5.08. The Kier molecular flexibility index (Phi) is 6.84. The number of carboxylic acid groups (broad SMARTS) is 2. The van der Waals surface area contributed by atoms with Crippen molar-refractivity contribution in [2.75, 3.05) is 6.61 Å². The first-order valence-corrected chi connectivity index (χ1v) is 6.74. The molecule has 0 unspecified atom stereocenters. The molecule has 0 saturated carbocycles. The van der Waals surface area contributed by atoms with E-state index in [4.69, 9.17) is 20.1 Å². The number of hydrogen-bond acceptors (Lipinski definition) is 8. The first kappa shape index (κ1) is 19.3. The van der Waals surface area contributed by atoms with Gasteiger partial charge in [-0.3, -0.25) is 14.4 Å². The van der Waals surface area contributed by atoms with E-state index in [9.17, 15) is 29.7 Å². The van der Waals surface area contributed by atoms with Gasteiger partial charge in [0.05, 0.1) is 6.61 Å². The van der Waals surface area contributed by atoms with E-state index in [1.165, 1.54) is 0 Å². The Labute approximate surface area is 130 Å². The second-order valence-corrected chi connectivity index (χ2v) is 5.08. The van der Waals surface area contributed by atoms with Crippen LogP contribution in [-0.4, -0.2) is 85.7 Å². The lowest BCUT2D eigenvalue weighted by Crippen LogP contribution is -2.63. The van der Waals surface area contributed by atoms with Crippen molar-refractivity contribution in [3.63, 3.8) is 0 Å². The lowest BCUT2D eigenvalue weighted by molar-refractivity contribution is -0.236. The zero-order valence-electron chi connectivity index (χ0n) is 11.9. The van der Waals surface area contributed by atoms with Crippen LogP contribution in [0.1, 0.15) is 12.8 Å². The standard InChI is InChI=1S/C12H19NO10/c14-3-5-7(16)8(17)9(18)10(23-5)13-6(15)2-1-4(11(19)20)12(21)22/h4-5,7-10,14,16-18H,1-3H2,(H,13,15)(H,19,20)(H,21,22)/t5-,7-,8+,9-,10-/m1/s1. The molecule has 0 aromatic heterocycles. The fraction of sp³-hybridized carbons (Fsp3) is 0.750. The fourth-order valence-corrected chi connectivity index (χ4v) is 2.08. The molecule has 1 rings (SSSR count). The van der Waals surface area contributed by atoms with Crippen molar-refractivity contribution in [3.05, 3.63) is 0 Å². The minimum Gasteiger partial charge on any atom is -0.481 e. The average molecular weight is 337 g/mol. The molecule has 5 atom stereocenters. The molecule has 0 aromatic carbocycles. The van der Waals surface area contributed by atoms with E-state index < -0.39 is 73.9 Å². The predicted octanol–water partition coefficient (Wildman–Crippen LogP) is -3.53. The van der Waals surface area contributed by atoms with Crippen LogP contribution >= 0.6 is 0 Å². The van der Waals surface area contributed by atoms with E-state index in [-0.39, 0.29) is 0 Å². The lowest BCUT2D eigenvalue weighted by Gasteiger charge is -2.40. The molecule has 23 heavy (non-hydrogen) atoms. The van der Waals surface area contributed by atoms with Crippen molar-refractivity contribution in [1.82, 2.24) is 5.32 Å². The van der Waals surface area contributed by atoms with Gasteiger partial charge >= 0.3 is 11.9 Å². The molecule has 11 nitrogen and oxygen atoms in total. The summed E-state index contributed by atoms with van der Waals surface area (Å²) in [5, 5.41) is 57.3. The molecule has 11 heteroatoms. The number of aliphatic carboxylic acids is 2. The zero-order valence-corrected chi connectivity index (χ0v) is 11.9. The number of amides is 1. The van der Waals surface area contributed by atoms with Gasteiger partial charge in [-0.05, 0) is 6.42 Å². The van der Waals surface area contributed by atoms with Crippen LogP contribution in [0, 0.1) is 5.92 Å². The molecule has 0 radical (unpaired) electrons. The van der Waals surface area contributed by atoms with Gasteiger partial charge in [-0.15, -0.1) is 0 Å². The Hall–Kier alpha value is -1.79. The molecule has 7 N–H and O–H groups in total. The molecule has 1 fully saturated rings. The van der Waals surface area contributed by atoms with Crippen LogP contribution in [0.4, 0.5) is 0 Å². The summed E-state index contributed by atoms with van der Waals surface area (Å²) in [6.07, 6.45) is -8.52. The number of hydrogen-bond donors (Lipinski definition) is 7. The molecule has 0 aliphatic carbocycles. The number of carbonyl (C=O) groups excluding carboxylic acids is 1. The summed E-state index contributed by atoms with van der Waals surface area (Å²) in [6.45, 7) is -0.669. The van der Waals surface area contributed by atoms with Gasteiger partial charge in [0.1, 0.15) is 24.4 Å². The number of ether oxygens (including phenoxy) is 1. The predicted molar refractivity (Wildman–Crippen MR) is 69.9 cm³/mol. The van der Waals surface area contributed by atoms with Crippen LogP contribution in [0.2, 0.25) is 0 Å². The number of aliphatic hydroxyl groups excluding tert-OH is 4. The molecule has 1 saturated heterocycles. The maximum absolute atomic E-state index is 11.7. The number of aliphatic hydroxyl groups is 4. The van der Waals surface area contributed by atoms with Gasteiger partial charge < -0.3 is 40.7 Å². The molecule has 0 bridgehead atoms. The van der Waals surface area contributed by atoms with Crippen molar-refractivity contribution >= 4 is 17.8 Å². The maximum Gasteiger partial charge on any atom is 0.317 e. The monoisotopic (exact) mass is 337 g/mol. The third kappa shape index (κ3) is 4.84. The van der Waals surface area contributed by atoms with Crippen molar-refractivity contribution in [1.29, 1.82) is 0 Å². The molecular formula is C12H19NO10. The van der Waals surface area contributed by atoms with Crippen molar-refractivity contribution in [2.45, 2.75) is 43.5 Å². The van der Waals surface area contributed by atoms with E-state index in [1.807, 2.05) is 0 Å². The van der Waals surface area contributed by atoms with Gasteiger partial charge in [-0.2, -0.15) is 0 Å². The number of rotatable bonds is 7. The number of carbonyl (C=O) groups is 3. The van der Waals surface area contributed by atoms with Gasteiger partial charge in [0.2, 0.25) is 5.91 Å². The van der Waals surface area contributed by atoms with Crippen LogP contribution in [0.5, 0.6) is 0 Å². The smallest absolute Gasteiger partial charge is 0.317 e. The van der Waals surface area contributed by atoms with Gasteiger partial charge in [-0.1, -0.05) is 0 Å². The highest BCUT2D eigenvalue weighted by atomic mass is 16.6. The molecule has 0 aromatic rings. The highest BCUT2D eigenvalue weighted by molar-refractivity contribution is 5.93. The van der Waals surface area contributed by atoms with Gasteiger partial charge in [-0.25, -0.2) is 0 Å². The van der Waals surface area contributed by atoms with Crippen LogP contribution < -0.4 is 5.32 Å². The highest BCUT2D eigenvalue weighted by Gasteiger charge is 2.44. The van der Waals surface area contributed by atoms with Crippen molar-refractivity contribution in [3.8, 4) is 0 Å². The van der Waals surface area contributed by atoms with E-state index in [1.54, 1.807) is 0 Å². The van der Waals surface area contributed by atoms with Crippen LogP contribution in [-0.2, 0) is 19.1 Å². The Morgan fingerprint density at radius 1 is 1.00 bits per heavy atom. The molecule has 1 heterocycles. The molecule has 1 aliphatic heterocycles. The third-order valence-electron chi connectivity index (χ3n) is 3.45. The van der Waals surface area contributed by atoms with Gasteiger partial charge in [0, 0.05) is 6.42 Å². The molecular weight excluding hydrogens is 318 g/mol. The van der Waals surface area contributed by atoms with E-state index in [2.05, 4.69) is 5.32 Å². The Morgan fingerprint density at radius 3 is 2.04 bits per heavy atom. The van der Waals surface area contributed by atoms with Gasteiger partial charge in [0.25, 0.3) is 0 Å². The quantitative estimate of drug-likeness (QED) is 0.229. The Balaban J connectivity index is 2.59. The third-order valence-corrected chi connectivity index (χ3v) is 3.45. The second kappa shape index (κ2) is 8.17. The largest absolute Gasteiger partial charge is 0.481 e. The lowest BCUT2D eigenvalue weighted by atomic mass is 9.98. The Bertz CT molecular complexity index is 439. The summed E-state index contributed by atoms with van der Waals surface area (Å²) in [6, 6.07) is 0. The normalized spacial score (nSPS) is 30.9.